The van der Waals surface area contributed by atoms with Crippen LogP contribution in [0.3, 0.4) is 0 Å². The molecule has 1 aromatic heterocycles. The molecule has 82 valence electrons. The molecular weight excluding hydrogens is 207 g/mol. The molecule has 2 aromatic rings. The summed E-state index contributed by atoms with van der Waals surface area (Å²) in [4.78, 5) is 0. The lowest BCUT2D eigenvalue weighted by Gasteiger charge is -2.05. The van der Waals surface area contributed by atoms with Crippen LogP contribution in [0.15, 0.2) is 24.3 Å². The second-order valence-electron chi connectivity index (χ2n) is 4.01. The third-order valence-electron chi connectivity index (χ3n) is 2.73. The van der Waals surface area contributed by atoms with Crippen molar-refractivity contribution in [1.82, 2.24) is 15.0 Å². The monoisotopic (exact) mass is 218 g/mol. The first-order valence-electron chi connectivity index (χ1n) is 5.22. The number of hydrogen-bond donors (Lipinski definition) is 1. The summed E-state index contributed by atoms with van der Waals surface area (Å²) in [7, 11) is 0. The maximum atomic E-state index is 12.8. The van der Waals surface area contributed by atoms with Gasteiger partial charge in [-0.2, -0.15) is 0 Å². The van der Waals surface area contributed by atoms with Gasteiger partial charge in [-0.25, -0.2) is 9.07 Å². The van der Waals surface area contributed by atoms with E-state index in [9.17, 15) is 4.39 Å². The Hall–Kier alpha value is -1.91. The summed E-state index contributed by atoms with van der Waals surface area (Å²) in [5.74, 6) is 0.145. The van der Waals surface area contributed by atoms with Crippen molar-refractivity contribution < 1.29 is 4.39 Å². The molecule has 0 radical (unpaired) electrons. The quantitative estimate of drug-likeness (QED) is 0.838. The van der Waals surface area contributed by atoms with Crippen molar-refractivity contribution in [2.75, 3.05) is 5.73 Å². The minimum absolute atomic E-state index is 0.257. The molecule has 1 fully saturated rings. The first-order chi connectivity index (χ1) is 7.75. The second kappa shape index (κ2) is 3.30. The molecule has 1 aromatic carbocycles. The van der Waals surface area contributed by atoms with Crippen molar-refractivity contribution in [3.05, 3.63) is 30.1 Å². The van der Waals surface area contributed by atoms with Gasteiger partial charge >= 0.3 is 0 Å². The molecule has 0 aliphatic heterocycles. The van der Waals surface area contributed by atoms with Crippen LogP contribution in [0.1, 0.15) is 18.9 Å². The number of nitrogens with zero attached hydrogens (tertiary/aromatic N) is 3. The van der Waals surface area contributed by atoms with Crippen LogP contribution in [0.2, 0.25) is 0 Å². The van der Waals surface area contributed by atoms with Gasteiger partial charge in [0.25, 0.3) is 0 Å². The molecule has 1 heterocycles. The number of halogens is 1. The van der Waals surface area contributed by atoms with Gasteiger partial charge in [-0.05, 0) is 37.1 Å². The van der Waals surface area contributed by atoms with E-state index in [1.165, 1.54) is 12.1 Å². The average Bonchev–Trinajstić information content (AvgIpc) is 3.05. The molecule has 3 rings (SSSR count). The predicted octanol–water partition coefficient (Wildman–Crippen LogP) is 2.00. The highest BCUT2D eigenvalue weighted by Crippen LogP contribution is 2.38. The van der Waals surface area contributed by atoms with Crippen LogP contribution < -0.4 is 5.73 Å². The zero-order chi connectivity index (χ0) is 11.1. The van der Waals surface area contributed by atoms with Gasteiger partial charge in [0, 0.05) is 5.56 Å². The fourth-order valence-corrected chi connectivity index (χ4v) is 1.77. The highest BCUT2D eigenvalue weighted by Gasteiger charge is 2.28. The Kier molecular flexibility index (Phi) is 1.92. The van der Waals surface area contributed by atoms with E-state index in [2.05, 4.69) is 10.3 Å². The molecule has 0 atom stereocenters. The number of anilines is 1. The standard InChI is InChI=1S/C11H11FN4/c12-8-3-1-7(2-4-8)10-11(13)14-15-16(10)9-5-6-9/h1-4,9H,5-6,13H2. The highest BCUT2D eigenvalue weighted by molar-refractivity contribution is 5.70. The fourth-order valence-electron chi connectivity index (χ4n) is 1.77. The maximum Gasteiger partial charge on any atom is 0.174 e. The summed E-state index contributed by atoms with van der Waals surface area (Å²) >= 11 is 0. The van der Waals surface area contributed by atoms with Crippen molar-refractivity contribution >= 4 is 5.82 Å². The summed E-state index contributed by atoms with van der Waals surface area (Å²) in [5, 5.41) is 7.90. The van der Waals surface area contributed by atoms with Crippen molar-refractivity contribution in [1.29, 1.82) is 0 Å². The normalized spacial score (nSPS) is 15.3. The first-order valence-corrected chi connectivity index (χ1v) is 5.22. The molecule has 16 heavy (non-hydrogen) atoms. The van der Waals surface area contributed by atoms with Crippen molar-refractivity contribution in [2.45, 2.75) is 18.9 Å². The molecule has 2 N–H and O–H groups in total. The lowest BCUT2D eigenvalue weighted by Crippen LogP contribution is -2.00. The van der Waals surface area contributed by atoms with Crippen LogP contribution in [0, 0.1) is 5.82 Å². The molecule has 4 nitrogen and oxygen atoms in total. The van der Waals surface area contributed by atoms with Crippen LogP contribution in [0.25, 0.3) is 11.3 Å². The number of rotatable bonds is 2. The van der Waals surface area contributed by atoms with E-state index in [4.69, 9.17) is 5.73 Å². The molecule has 0 saturated heterocycles. The van der Waals surface area contributed by atoms with Gasteiger partial charge in [0.1, 0.15) is 11.5 Å². The highest BCUT2D eigenvalue weighted by atomic mass is 19.1. The zero-order valence-corrected chi connectivity index (χ0v) is 8.60. The van der Waals surface area contributed by atoms with Gasteiger partial charge in [-0.3, -0.25) is 0 Å². The molecule has 0 unspecified atom stereocenters. The lowest BCUT2D eigenvalue weighted by atomic mass is 10.1. The summed E-state index contributed by atoms with van der Waals surface area (Å²) in [6, 6.07) is 6.63. The number of aromatic nitrogens is 3. The van der Waals surface area contributed by atoms with Crippen molar-refractivity contribution in [3.8, 4) is 11.3 Å². The summed E-state index contributed by atoms with van der Waals surface area (Å²) in [6.07, 6.45) is 2.22. The van der Waals surface area contributed by atoms with E-state index in [1.807, 2.05) is 4.68 Å². The SMILES string of the molecule is Nc1nnn(C2CC2)c1-c1ccc(F)cc1. The Bertz CT molecular complexity index is 513. The second-order valence-corrected chi connectivity index (χ2v) is 4.01. The molecule has 0 spiro atoms. The number of hydrogen-bond acceptors (Lipinski definition) is 3. The summed E-state index contributed by atoms with van der Waals surface area (Å²) in [5.41, 5.74) is 7.44. The molecule has 5 heteroatoms. The Morgan fingerprint density at radius 2 is 1.94 bits per heavy atom. The fraction of sp³-hybridized carbons (Fsp3) is 0.273. The minimum atomic E-state index is -0.257. The summed E-state index contributed by atoms with van der Waals surface area (Å²) < 4.78 is 14.7. The number of nitrogen functional groups attached to an aromatic ring is 1. The lowest BCUT2D eigenvalue weighted by molar-refractivity contribution is 0.615. The topological polar surface area (TPSA) is 56.7 Å². The molecule has 0 bridgehead atoms. The molecule has 1 saturated carbocycles. The van der Waals surface area contributed by atoms with Gasteiger partial charge in [-0.1, -0.05) is 5.21 Å². The van der Waals surface area contributed by atoms with Crippen molar-refractivity contribution in [2.24, 2.45) is 0 Å². The third-order valence-corrected chi connectivity index (χ3v) is 2.73. The van der Waals surface area contributed by atoms with E-state index >= 15 is 0 Å². The number of benzene rings is 1. The van der Waals surface area contributed by atoms with Gasteiger partial charge < -0.3 is 5.73 Å². The molecular formula is C11H11FN4. The largest absolute Gasteiger partial charge is 0.380 e. The van der Waals surface area contributed by atoms with Gasteiger partial charge in [0.15, 0.2) is 5.82 Å². The zero-order valence-electron chi connectivity index (χ0n) is 8.60. The van der Waals surface area contributed by atoms with Gasteiger partial charge in [0.05, 0.1) is 6.04 Å². The summed E-state index contributed by atoms with van der Waals surface area (Å²) in [6.45, 7) is 0. The minimum Gasteiger partial charge on any atom is -0.380 e. The average molecular weight is 218 g/mol. The predicted molar refractivity (Wildman–Crippen MR) is 58.1 cm³/mol. The maximum absolute atomic E-state index is 12.8. The van der Waals surface area contributed by atoms with Crippen LogP contribution in [-0.4, -0.2) is 15.0 Å². The Labute approximate surface area is 91.9 Å². The van der Waals surface area contributed by atoms with E-state index in [-0.39, 0.29) is 5.82 Å². The van der Waals surface area contributed by atoms with Crippen LogP contribution in [0.5, 0.6) is 0 Å². The van der Waals surface area contributed by atoms with Crippen molar-refractivity contribution in [3.63, 3.8) is 0 Å². The first kappa shape index (κ1) is 9.33. The van der Waals surface area contributed by atoms with Crippen LogP contribution >= 0.6 is 0 Å². The Balaban J connectivity index is 2.10. The smallest absolute Gasteiger partial charge is 0.174 e. The van der Waals surface area contributed by atoms with Crippen LogP contribution in [0.4, 0.5) is 10.2 Å². The van der Waals surface area contributed by atoms with E-state index in [0.717, 1.165) is 24.1 Å². The molecule has 1 aliphatic carbocycles. The van der Waals surface area contributed by atoms with E-state index in [0.29, 0.717) is 11.9 Å². The van der Waals surface area contributed by atoms with Gasteiger partial charge in [0.2, 0.25) is 0 Å². The van der Waals surface area contributed by atoms with E-state index < -0.39 is 0 Å². The van der Waals surface area contributed by atoms with Crippen LogP contribution in [-0.2, 0) is 0 Å². The molecule has 1 aliphatic rings. The molecule has 0 amide bonds. The number of nitrogens with two attached hydrogens (primary N) is 1. The Morgan fingerprint density at radius 1 is 1.25 bits per heavy atom. The van der Waals surface area contributed by atoms with Gasteiger partial charge in [-0.15, -0.1) is 5.10 Å². The third kappa shape index (κ3) is 1.44. The van der Waals surface area contributed by atoms with E-state index in [1.54, 1.807) is 12.1 Å². The Morgan fingerprint density at radius 3 is 2.56 bits per heavy atom.